The topological polar surface area (TPSA) is 78.9 Å². The second-order valence-electron chi connectivity index (χ2n) is 10.2. The number of hydrogen-bond acceptors (Lipinski definition) is 5. The summed E-state index contributed by atoms with van der Waals surface area (Å²) < 4.78 is 0. The van der Waals surface area contributed by atoms with E-state index >= 15 is 0 Å². The Labute approximate surface area is 229 Å². The Morgan fingerprint density at radius 1 is 0.744 bits per heavy atom. The van der Waals surface area contributed by atoms with Crippen LogP contribution >= 0.6 is 0 Å². The lowest BCUT2D eigenvalue weighted by molar-refractivity contribution is 0.102. The maximum Gasteiger partial charge on any atom is 0.255 e. The number of benzene rings is 3. The molecule has 39 heavy (non-hydrogen) atoms. The normalized spacial score (nSPS) is 10.8. The number of carbonyl (C=O) groups is 1. The van der Waals surface area contributed by atoms with Crippen molar-refractivity contribution in [1.29, 1.82) is 0 Å². The Balaban J connectivity index is 1.34. The van der Waals surface area contributed by atoms with Crippen LogP contribution in [0.1, 0.15) is 15.9 Å². The van der Waals surface area contributed by atoms with E-state index in [9.17, 15) is 4.79 Å². The minimum absolute atomic E-state index is 0.191. The van der Waals surface area contributed by atoms with Crippen molar-refractivity contribution in [2.45, 2.75) is 19.6 Å². The minimum atomic E-state index is -1.48. The summed E-state index contributed by atoms with van der Waals surface area (Å²) in [6.45, 7) is 6.69. The van der Waals surface area contributed by atoms with Gasteiger partial charge in [-0.15, -0.1) is 5.54 Å². The minimum Gasteiger partial charge on any atom is -0.355 e. The van der Waals surface area contributed by atoms with Crippen LogP contribution in [0.15, 0.2) is 104 Å². The number of rotatable bonds is 6. The van der Waals surface area contributed by atoms with Crippen molar-refractivity contribution in [3.63, 3.8) is 0 Å². The van der Waals surface area contributed by atoms with Gasteiger partial charge in [0.15, 0.2) is 0 Å². The van der Waals surface area contributed by atoms with Gasteiger partial charge < -0.3 is 16.0 Å². The largest absolute Gasteiger partial charge is 0.355 e. The molecule has 5 rings (SSSR count). The van der Waals surface area contributed by atoms with E-state index in [1.54, 1.807) is 24.7 Å². The molecule has 0 spiro atoms. The predicted molar refractivity (Wildman–Crippen MR) is 164 cm³/mol. The van der Waals surface area contributed by atoms with Crippen LogP contribution in [-0.2, 0) is 0 Å². The van der Waals surface area contributed by atoms with Crippen LogP contribution < -0.4 is 16.0 Å². The van der Waals surface area contributed by atoms with Crippen molar-refractivity contribution < 1.29 is 4.79 Å². The van der Waals surface area contributed by atoms with Gasteiger partial charge in [0, 0.05) is 63.5 Å². The Hall–Kier alpha value is -4.93. The van der Waals surface area contributed by atoms with E-state index < -0.39 is 8.07 Å². The van der Waals surface area contributed by atoms with Crippen molar-refractivity contribution in [3.8, 4) is 11.5 Å². The van der Waals surface area contributed by atoms with Crippen LogP contribution in [0.3, 0.4) is 0 Å². The first kappa shape index (κ1) is 25.7. The highest BCUT2D eigenvalue weighted by Crippen LogP contribution is 2.27. The quantitative estimate of drug-likeness (QED) is 0.157. The van der Waals surface area contributed by atoms with Crippen molar-refractivity contribution in [2.24, 2.45) is 0 Å². The molecule has 3 aromatic carbocycles. The van der Waals surface area contributed by atoms with Gasteiger partial charge in [0.1, 0.15) is 8.07 Å². The van der Waals surface area contributed by atoms with Crippen molar-refractivity contribution in [2.75, 3.05) is 16.0 Å². The van der Waals surface area contributed by atoms with Gasteiger partial charge in [0.25, 0.3) is 5.91 Å². The van der Waals surface area contributed by atoms with Crippen LogP contribution in [0.5, 0.6) is 0 Å². The first-order valence-corrected chi connectivity index (χ1v) is 16.2. The summed E-state index contributed by atoms with van der Waals surface area (Å²) in [6, 6.07) is 26.8. The Morgan fingerprint density at radius 2 is 1.49 bits per heavy atom. The lowest BCUT2D eigenvalue weighted by atomic mass is 10.1. The second kappa shape index (κ2) is 11.2. The molecular formula is C32H29N5OSi. The maximum atomic E-state index is 13.1. The highest BCUT2D eigenvalue weighted by Gasteiger charge is 2.10. The molecule has 0 atom stereocenters. The summed E-state index contributed by atoms with van der Waals surface area (Å²) in [5.41, 5.74) is 10.0. The summed E-state index contributed by atoms with van der Waals surface area (Å²) in [7, 11) is -1.48. The third kappa shape index (κ3) is 6.89. The van der Waals surface area contributed by atoms with Gasteiger partial charge in [-0.3, -0.25) is 14.8 Å². The molecule has 0 radical (unpaired) electrons. The first-order chi connectivity index (χ1) is 18.8. The molecular weight excluding hydrogens is 498 g/mol. The summed E-state index contributed by atoms with van der Waals surface area (Å²) in [5.74, 6) is 3.14. The van der Waals surface area contributed by atoms with Crippen LogP contribution in [0.25, 0.3) is 10.9 Å². The van der Waals surface area contributed by atoms with Gasteiger partial charge in [-0.05, 0) is 72.8 Å². The summed E-state index contributed by atoms with van der Waals surface area (Å²) in [4.78, 5) is 21.7. The third-order valence-corrected chi connectivity index (χ3v) is 6.69. The molecule has 6 nitrogen and oxygen atoms in total. The zero-order valence-corrected chi connectivity index (χ0v) is 23.1. The zero-order valence-electron chi connectivity index (χ0n) is 22.1. The van der Waals surface area contributed by atoms with Gasteiger partial charge in [0.05, 0.1) is 5.52 Å². The van der Waals surface area contributed by atoms with Crippen LogP contribution in [0.2, 0.25) is 19.6 Å². The lowest BCUT2D eigenvalue weighted by Crippen LogP contribution is -2.16. The van der Waals surface area contributed by atoms with Crippen LogP contribution in [-0.4, -0.2) is 23.9 Å². The molecule has 0 saturated carbocycles. The van der Waals surface area contributed by atoms with Gasteiger partial charge in [0.2, 0.25) is 0 Å². The fourth-order valence-corrected chi connectivity index (χ4v) is 4.49. The number of hydrogen-bond donors (Lipinski definition) is 3. The van der Waals surface area contributed by atoms with Gasteiger partial charge in [-0.2, -0.15) is 0 Å². The van der Waals surface area contributed by atoms with Crippen LogP contribution in [0.4, 0.5) is 28.4 Å². The Kier molecular flexibility index (Phi) is 7.39. The summed E-state index contributed by atoms with van der Waals surface area (Å²) >= 11 is 0. The molecule has 7 heteroatoms. The number of carbonyl (C=O) groups excluding carboxylic acids is 1. The number of nitrogens with one attached hydrogen (secondary N) is 3. The van der Waals surface area contributed by atoms with Crippen molar-refractivity contribution in [3.05, 3.63) is 115 Å². The molecule has 5 aromatic rings. The highest BCUT2D eigenvalue weighted by atomic mass is 28.3. The number of aromatic nitrogens is 2. The molecule has 0 saturated heterocycles. The fraction of sp³-hybridized carbons (Fsp3) is 0.0938. The molecule has 2 aromatic heterocycles. The monoisotopic (exact) mass is 527 g/mol. The Bertz CT molecular complexity index is 1700. The summed E-state index contributed by atoms with van der Waals surface area (Å²) in [5, 5.41) is 10.8. The van der Waals surface area contributed by atoms with E-state index in [1.807, 2.05) is 72.8 Å². The first-order valence-electron chi connectivity index (χ1n) is 12.7. The highest BCUT2D eigenvalue weighted by molar-refractivity contribution is 6.83. The molecule has 0 bridgehead atoms. The number of nitrogens with zero attached hydrogens (tertiary/aromatic N) is 2. The van der Waals surface area contributed by atoms with Gasteiger partial charge >= 0.3 is 0 Å². The maximum absolute atomic E-state index is 13.1. The zero-order chi connectivity index (χ0) is 27.2. The van der Waals surface area contributed by atoms with Gasteiger partial charge in [-0.25, -0.2) is 0 Å². The molecule has 3 N–H and O–H groups in total. The lowest BCUT2D eigenvalue weighted by Gasteiger charge is -2.12. The standard InChI is InChI=1S/C32H29N5OSi/c1-39(2,3)19-15-23-10-11-30-29(20-23)31(14-18-34-30)36-26-7-4-6-24(21-26)32(38)37-28-9-5-8-27(22-28)35-25-12-16-33-17-13-25/h4-14,16-18,20-22H,1-3H3,(H,33,35)(H,34,36)(H,37,38). The molecule has 1 amide bonds. The van der Waals surface area contributed by atoms with E-state index in [0.29, 0.717) is 11.3 Å². The summed E-state index contributed by atoms with van der Waals surface area (Å²) in [6.07, 6.45) is 5.23. The molecule has 0 aliphatic rings. The van der Waals surface area contributed by atoms with Crippen molar-refractivity contribution in [1.82, 2.24) is 9.97 Å². The number of pyridine rings is 2. The van der Waals surface area contributed by atoms with Gasteiger partial charge in [-0.1, -0.05) is 37.7 Å². The van der Waals surface area contributed by atoms with E-state index in [-0.39, 0.29) is 5.91 Å². The molecule has 0 aliphatic heterocycles. The van der Waals surface area contributed by atoms with Crippen molar-refractivity contribution >= 4 is 53.3 Å². The van der Waals surface area contributed by atoms with E-state index in [0.717, 1.165) is 39.2 Å². The third-order valence-electron chi connectivity index (χ3n) is 5.82. The Morgan fingerprint density at radius 3 is 2.28 bits per heavy atom. The van der Waals surface area contributed by atoms with Crippen LogP contribution in [0, 0.1) is 11.5 Å². The molecule has 0 aliphatic carbocycles. The van der Waals surface area contributed by atoms with E-state index in [2.05, 4.69) is 63.1 Å². The second-order valence-corrected chi connectivity index (χ2v) is 14.9. The van der Waals surface area contributed by atoms with E-state index in [4.69, 9.17) is 0 Å². The molecule has 192 valence electrons. The average Bonchev–Trinajstić information content (AvgIpc) is 2.93. The predicted octanol–water partition coefficient (Wildman–Crippen LogP) is 7.60. The number of amides is 1. The molecule has 2 heterocycles. The number of fused-ring (bicyclic) bond motifs is 1. The SMILES string of the molecule is C[Si](C)(C)C#Cc1ccc2nccc(Nc3cccc(C(=O)Nc4cccc(Nc5ccncc5)c4)c3)c2c1. The molecule has 0 fully saturated rings. The average molecular weight is 528 g/mol. The molecule has 0 unspecified atom stereocenters. The smallest absolute Gasteiger partial charge is 0.255 e. The fourth-order valence-electron chi connectivity index (χ4n) is 3.97. The van der Waals surface area contributed by atoms with E-state index in [1.165, 1.54) is 0 Å². The number of anilines is 5.